The monoisotopic (exact) mass is 475 g/mol. The molecule has 2 N–H and O–H groups in total. The van der Waals surface area contributed by atoms with Crippen molar-refractivity contribution < 1.29 is 14.7 Å². The second kappa shape index (κ2) is 9.88. The molecule has 3 aromatic carbocycles. The largest absolute Gasteiger partial charge is 0.478 e. The Balaban J connectivity index is 1.37. The fraction of sp³-hybridized carbons (Fsp3) is 0.100. The Morgan fingerprint density at radius 2 is 1.58 bits per heavy atom. The summed E-state index contributed by atoms with van der Waals surface area (Å²) in [6, 6.07) is 28.7. The Morgan fingerprint density at radius 3 is 2.28 bits per heavy atom. The van der Waals surface area contributed by atoms with E-state index in [0.29, 0.717) is 12.2 Å². The zero-order chi connectivity index (χ0) is 25.1. The fourth-order valence-electron chi connectivity index (χ4n) is 4.34. The molecule has 0 saturated carbocycles. The van der Waals surface area contributed by atoms with Crippen LogP contribution in [-0.4, -0.2) is 26.5 Å². The number of nitrogens with zero attached hydrogens (tertiary/aromatic N) is 2. The molecule has 6 nitrogen and oxygen atoms in total. The molecule has 5 rings (SSSR count). The van der Waals surface area contributed by atoms with Gasteiger partial charge in [0.2, 0.25) is 0 Å². The topological polar surface area (TPSA) is 84.2 Å². The van der Waals surface area contributed by atoms with Crippen molar-refractivity contribution in [3.05, 3.63) is 126 Å². The van der Waals surface area contributed by atoms with E-state index in [0.717, 1.165) is 27.6 Å². The third-order valence-corrected chi connectivity index (χ3v) is 6.31. The van der Waals surface area contributed by atoms with Crippen LogP contribution in [0.15, 0.2) is 103 Å². The summed E-state index contributed by atoms with van der Waals surface area (Å²) in [5.74, 6) is -1.26. The van der Waals surface area contributed by atoms with Crippen molar-refractivity contribution >= 4 is 22.8 Å². The van der Waals surface area contributed by atoms with Gasteiger partial charge in [-0.3, -0.25) is 4.79 Å². The van der Waals surface area contributed by atoms with Gasteiger partial charge < -0.3 is 15.0 Å². The van der Waals surface area contributed by atoms with Gasteiger partial charge in [-0.15, -0.1) is 0 Å². The van der Waals surface area contributed by atoms with Crippen molar-refractivity contribution in [2.45, 2.75) is 19.5 Å². The number of carboxylic acids is 1. The molecule has 0 bridgehead atoms. The second-order valence-electron chi connectivity index (χ2n) is 8.73. The fourth-order valence-corrected chi connectivity index (χ4v) is 4.34. The minimum atomic E-state index is -0.982. The summed E-state index contributed by atoms with van der Waals surface area (Å²) in [6.07, 6.45) is 3.62. The molecule has 0 fully saturated rings. The highest BCUT2D eigenvalue weighted by atomic mass is 16.4. The van der Waals surface area contributed by atoms with E-state index in [-0.39, 0.29) is 17.5 Å². The van der Waals surface area contributed by atoms with E-state index in [1.54, 1.807) is 18.3 Å². The molecule has 36 heavy (non-hydrogen) atoms. The molecule has 6 heteroatoms. The maximum Gasteiger partial charge on any atom is 0.335 e. The van der Waals surface area contributed by atoms with E-state index in [9.17, 15) is 9.59 Å². The number of fused-ring (bicyclic) bond motifs is 1. The second-order valence-corrected chi connectivity index (χ2v) is 8.73. The molecule has 0 saturated heterocycles. The van der Waals surface area contributed by atoms with Crippen LogP contribution in [0.1, 0.15) is 44.9 Å². The highest BCUT2D eigenvalue weighted by molar-refractivity contribution is 6.04. The molecule has 0 spiro atoms. The van der Waals surface area contributed by atoms with Gasteiger partial charge in [0.1, 0.15) is 0 Å². The molecule has 0 aliphatic carbocycles. The number of carboxylic acid groups (broad SMARTS) is 1. The summed E-state index contributed by atoms with van der Waals surface area (Å²) in [4.78, 5) is 28.8. The number of carbonyl (C=O) groups is 2. The molecule has 1 atom stereocenters. The van der Waals surface area contributed by atoms with Gasteiger partial charge in [-0.1, -0.05) is 66.7 Å². The number of rotatable bonds is 7. The molecule has 5 aromatic rings. The molecule has 1 amide bonds. The number of hydrogen-bond acceptors (Lipinski definition) is 3. The average molecular weight is 476 g/mol. The first-order valence-corrected chi connectivity index (χ1v) is 11.7. The molecule has 178 valence electrons. The number of nitrogens with one attached hydrogen (secondary N) is 1. The van der Waals surface area contributed by atoms with E-state index in [1.165, 1.54) is 17.7 Å². The van der Waals surface area contributed by atoms with Gasteiger partial charge in [0.15, 0.2) is 5.69 Å². The van der Waals surface area contributed by atoms with Crippen molar-refractivity contribution in [2.24, 2.45) is 0 Å². The summed E-state index contributed by atoms with van der Waals surface area (Å²) < 4.78 is 2.04. The third-order valence-electron chi connectivity index (χ3n) is 6.31. The third kappa shape index (κ3) is 4.74. The van der Waals surface area contributed by atoms with E-state index in [2.05, 4.69) is 46.7 Å². The van der Waals surface area contributed by atoms with E-state index < -0.39 is 5.97 Å². The van der Waals surface area contributed by atoms with Crippen LogP contribution in [0.25, 0.3) is 22.0 Å². The van der Waals surface area contributed by atoms with Crippen molar-refractivity contribution in [3.8, 4) is 11.1 Å². The molecule has 0 aliphatic rings. The standard InChI is InChI=1S/C30H25N3O3/c1-20(22-11-13-26(14-12-22)30(35)36)32-29(34)27-28-25(15-17-31-27)16-18-33(28)19-21-7-9-24(10-8-21)23-5-3-2-4-6-23/h2-18,20H,19H2,1H3,(H,32,34)(H,35,36)/t20-/m0/s1. The lowest BCUT2D eigenvalue weighted by Crippen LogP contribution is -2.28. The van der Waals surface area contributed by atoms with Gasteiger partial charge in [-0.2, -0.15) is 0 Å². The predicted molar refractivity (Wildman–Crippen MR) is 140 cm³/mol. The van der Waals surface area contributed by atoms with Gasteiger partial charge in [-0.05, 0) is 53.4 Å². The highest BCUT2D eigenvalue weighted by Gasteiger charge is 2.18. The number of benzene rings is 3. The lowest BCUT2D eigenvalue weighted by atomic mass is 10.0. The molecular formula is C30H25N3O3. The zero-order valence-corrected chi connectivity index (χ0v) is 19.8. The van der Waals surface area contributed by atoms with E-state index in [4.69, 9.17) is 5.11 Å². The van der Waals surface area contributed by atoms with Gasteiger partial charge >= 0.3 is 5.97 Å². The first kappa shape index (κ1) is 23.1. The SMILES string of the molecule is C[C@H](NC(=O)c1nccc2ccn(Cc3ccc(-c4ccccc4)cc3)c12)c1ccc(C(=O)O)cc1. The van der Waals surface area contributed by atoms with Crippen molar-refractivity contribution in [3.63, 3.8) is 0 Å². The van der Waals surface area contributed by atoms with Crippen LogP contribution in [0.5, 0.6) is 0 Å². The molecule has 2 aromatic heterocycles. The maximum absolute atomic E-state index is 13.2. The Bertz CT molecular complexity index is 1520. The molecular weight excluding hydrogens is 450 g/mol. The Labute approximate surface area is 208 Å². The summed E-state index contributed by atoms with van der Waals surface area (Å²) in [6.45, 7) is 2.47. The predicted octanol–water partition coefficient (Wildman–Crippen LogP) is 5.94. The van der Waals surface area contributed by atoms with Crippen molar-refractivity contribution in [1.82, 2.24) is 14.9 Å². The highest BCUT2D eigenvalue weighted by Crippen LogP contribution is 2.23. The Morgan fingerprint density at radius 1 is 0.889 bits per heavy atom. The van der Waals surface area contributed by atoms with Crippen LogP contribution in [0.3, 0.4) is 0 Å². The van der Waals surface area contributed by atoms with Gasteiger partial charge in [0.05, 0.1) is 17.1 Å². The molecule has 2 heterocycles. The van der Waals surface area contributed by atoms with Crippen LogP contribution in [-0.2, 0) is 6.54 Å². The number of carbonyl (C=O) groups excluding carboxylic acids is 1. The lowest BCUT2D eigenvalue weighted by molar-refractivity contribution is 0.0696. The van der Waals surface area contributed by atoms with Gasteiger partial charge in [0.25, 0.3) is 5.91 Å². The van der Waals surface area contributed by atoms with Crippen LogP contribution in [0, 0.1) is 0 Å². The summed E-state index contributed by atoms with van der Waals surface area (Å²) in [5.41, 5.74) is 5.60. The Hall–Kier alpha value is -4.71. The minimum absolute atomic E-state index is 0.207. The number of aromatic carboxylic acids is 1. The van der Waals surface area contributed by atoms with Crippen molar-refractivity contribution in [2.75, 3.05) is 0 Å². The van der Waals surface area contributed by atoms with Crippen LogP contribution in [0.2, 0.25) is 0 Å². The minimum Gasteiger partial charge on any atom is -0.478 e. The van der Waals surface area contributed by atoms with Crippen LogP contribution < -0.4 is 5.32 Å². The zero-order valence-electron chi connectivity index (χ0n) is 19.8. The Kier molecular flexibility index (Phi) is 6.33. The molecule has 0 aliphatic heterocycles. The average Bonchev–Trinajstić information content (AvgIpc) is 3.32. The first-order valence-electron chi connectivity index (χ1n) is 11.7. The van der Waals surface area contributed by atoms with Crippen LogP contribution in [0.4, 0.5) is 0 Å². The van der Waals surface area contributed by atoms with Gasteiger partial charge in [-0.25, -0.2) is 9.78 Å². The molecule has 0 radical (unpaired) electrons. The lowest BCUT2D eigenvalue weighted by Gasteiger charge is -2.15. The number of hydrogen-bond donors (Lipinski definition) is 2. The number of pyridine rings is 1. The maximum atomic E-state index is 13.2. The summed E-state index contributed by atoms with van der Waals surface area (Å²) in [5, 5.41) is 13.0. The van der Waals surface area contributed by atoms with Crippen LogP contribution >= 0.6 is 0 Å². The summed E-state index contributed by atoms with van der Waals surface area (Å²) in [7, 11) is 0. The quantitative estimate of drug-likeness (QED) is 0.305. The first-order chi connectivity index (χ1) is 17.5. The van der Waals surface area contributed by atoms with E-state index >= 15 is 0 Å². The van der Waals surface area contributed by atoms with Gasteiger partial charge in [0, 0.05) is 24.3 Å². The normalized spacial score (nSPS) is 11.8. The van der Waals surface area contributed by atoms with E-state index in [1.807, 2.05) is 48.0 Å². The van der Waals surface area contributed by atoms with Crippen molar-refractivity contribution in [1.29, 1.82) is 0 Å². The number of amides is 1. The number of aromatic nitrogens is 2. The summed E-state index contributed by atoms with van der Waals surface area (Å²) >= 11 is 0. The molecule has 0 unspecified atom stereocenters. The smallest absolute Gasteiger partial charge is 0.335 e.